The number of carbonyl (C=O) groups excluding carboxylic acids is 2. The van der Waals surface area contributed by atoms with Crippen molar-refractivity contribution < 1.29 is 18.7 Å². The zero-order valence-electron chi connectivity index (χ0n) is 14.2. The number of benzene rings is 1. The van der Waals surface area contributed by atoms with Crippen LogP contribution in [0.25, 0.3) is 11.4 Å². The third-order valence-corrected chi connectivity index (χ3v) is 3.72. The summed E-state index contributed by atoms with van der Waals surface area (Å²) in [5.41, 5.74) is 1.23. The Kier molecular flexibility index (Phi) is 4.92. The highest BCUT2D eigenvalue weighted by Gasteiger charge is 2.30. The van der Waals surface area contributed by atoms with Crippen molar-refractivity contribution in [2.24, 2.45) is 0 Å². The van der Waals surface area contributed by atoms with Gasteiger partial charge in [-0.25, -0.2) is 14.0 Å². The molecule has 0 unspecified atom stereocenters. The first-order valence-corrected chi connectivity index (χ1v) is 7.99. The molecule has 0 saturated heterocycles. The third kappa shape index (κ3) is 3.68. The highest BCUT2D eigenvalue weighted by Crippen LogP contribution is 2.17. The Balaban J connectivity index is 1.87. The summed E-state index contributed by atoms with van der Waals surface area (Å²) in [5, 5.41) is 17.3. The number of halogens is 1. The van der Waals surface area contributed by atoms with Gasteiger partial charge in [-0.05, 0) is 43.3 Å². The van der Waals surface area contributed by atoms with Crippen molar-refractivity contribution in [3.63, 3.8) is 0 Å². The smallest absolute Gasteiger partial charge is 0.337 e. The highest BCUT2D eigenvalue weighted by molar-refractivity contribution is 5.94. The van der Waals surface area contributed by atoms with E-state index in [0.29, 0.717) is 22.7 Å². The summed E-state index contributed by atoms with van der Waals surface area (Å²) < 4.78 is 18.1. The molecule has 1 aromatic heterocycles. The first kappa shape index (κ1) is 17.5. The van der Waals surface area contributed by atoms with E-state index in [1.807, 2.05) is 0 Å². The molecule has 0 fully saturated rings. The van der Waals surface area contributed by atoms with Gasteiger partial charge in [0.25, 0.3) is 0 Å². The molecule has 1 aliphatic rings. The molecule has 26 heavy (non-hydrogen) atoms. The van der Waals surface area contributed by atoms with Crippen molar-refractivity contribution in [1.29, 1.82) is 0 Å². The van der Waals surface area contributed by atoms with Gasteiger partial charge in [0.1, 0.15) is 12.4 Å². The summed E-state index contributed by atoms with van der Waals surface area (Å²) in [6.45, 7) is 3.63. The minimum atomic E-state index is -0.527. The topological polar surface area (TPSA) is 111 Å². The van der Waals surface area contributed by atoms with E-state index in [0.717, 1.165) is 0 Å². The summed E-state index contributed by atoms with van der Waals surface area (Å²) in [6.07, 6.45) is 0. The number of hydrogen-bond donors (Lipinski definition) is 2. The predicted octanol–water partition coefficient (Wildman–Crippen LogP) is 0.998. The first-order valence-electron chi connectivity index (χ1n) is 7.99. The van der Waals surface area contributed by atoms with Crippen LogP contribution >= 0.6 is 0 Å². The monoisotopic (exact) mass is 360 g/mol. The van der Waals surface area contributed by atoms with Crippen molar-refractivity contribution in [1.82, 2.24) is 30.8 Å². The van der Waals surface area contributed by atoms with Crippen molar-refractivity contribution in [2.75, 3.05) is 6.61 Å². The fraction of sp³-hybridized carbons (Fsp3) is 0.312. The molecule has 3 rings (SSSR count). The van der Waals surface area contributed by atoms with Gasteiger partial charge in [0.2, 0.25) is 5.82 Å². The molecular formula is C16H17FN6O3. The number of urea groups is 1. The van der Waals surface area contributed by atoms with E-state index >= 15 is 0 Å². The molecule has 0 radical (unpaired) electrons. The van der Waals surface area contributed by atoms with Crippen LogP contribution in [-0.2, 0) is 16.1 Å². The Hall–Kier alpha value is -3.30. The van der Waals surface area contributed by atoms with Gasteiger partial charge in [0.15, 0.2) is 0 Å². The van der Waals surface area contributed by atoms with Crippen LogP contribution in [0.4, 0.5) is 9.18 Å². The van der Waals surface area contributed by atoms with E-state index < -0.39 is 18.0 Å². The van der Waals surface area contributed by atoms with Gasteiger partial charge in [0, 0.05) is 5.56 Å². The van der Waals surface area contributed by atoms with Crippen LogP contribution in [0.5, 0.6) is 0 Å². The van der Waals surface area contributed by atoms with E-state index in [9.17, 15) is 14.0 Å². The maximum atomic E-state index is 13.0. The number of nitrogens with one attached hydrogen (secondary N) is 2. The number of aromatic nitrogens is 4. The fourth-order valence-electron chi connectivity index (χ4n) is 2.57. The second-order valence-electron chi connectivity index (χ2n) is 5.58. The van der Waals surface area contributed by atoms with Crippen molar-refractivity contribution >= 4 is 12.0 Å². The summed E-state index contributed by atoms with van der Waals surface area (Å²) >= 11 is 0. The van der Waals surface area contributed by atoms with E-state index in [-0.39, 0.29) is 19.0 Å². The molecule has 1 aromatic carbocycles. The third-order valence-electron chi connectivity index (χ3n) is 3.72. The SMILES string of the molecule is CCOC(=O)C1=C(Cn2nnc(-c3ccc(F)cc3)n2)NC(=O)N[C@@H]1C. The van der Waals surface area contributed by atoms with Gasteiger partial charge in [-0.1, -0.05) is 0 Å². The van der Waals surface area contributed by atoms with Crippen molar-refractivity contribution in [3.8, 4) is 11.4 Å². The Labute approximate surface area is 148 Å². The minimum absolute atomic E-state index is 0.0279. The molecule has 10 heteroatoms. The van der Waals surface area contributed by atoms with Crippen LogP contribution in [0.2, 0.25) is 0 Å². The molecular weight excluding hydrogens is 343 g/mol. The second kappa shape index (κ2) is 7.30. The van der Waals surface area contributed by atoms with Crippen LogP contribution in [0, 0.1) is 5.82 Å². The fourth-order valence-corrected chi connectivity index (χ4v) is 2.57. The molecule has 2 heterocycles. The number of rotatable bonds is 5. The van der Waals surface area contributed by atoms with E-state index in [1.54, 1.807) is 13.8 Å². The van der Waals surface area contributed by atoms with Crippen molar-refractivity contribution in [3.05, 3.63) is 41.4 Å². The number of esters is 1. The van der Waals surface area contributed by atoms with Gasteiger partial charge in [-0.3, -0.25) is 0 Å². The van der Waals surface area contributed by atoms with Gasteiger partial charge in [-0.15, -0.1) is 10.2 Å². The van der Waals surface area contributed by atoms with Crippen LogP contribution in [-0.4, -0.2) is 44.9 Å². The minimum Gasteiger partial charge on any atom is -0.463 e. The number of hydrogen-bond acceptors (Lipinski definition) is 6. The normalized spacial score (nSPS) is 16.9. The maximum Gasteiger partial charge on any atom is 0.337 e. The summed E-state index contributed by atoms with van der Waals surface area (Å²) in [5.74, 6) is -0.588. The zero-order chi connectivity index (χ0) is 18.7. The van der Waals surface area contributed by atoms with E-state index in [1.165, 1.54) is 29.1 Å². The second-order valence-corrected chi connectivity index (χ2v) is 5.58. The van der Waals surface area contributed by atoms with E-state index in [2.05, 4.69) is 26.0 Å². The summed E-state index contributed by atoms with van der Waals surface area (Å²) in [4.78, 5) is 25.2. The standard InChI is InChI=1S/C16H17FN6O3/c1-3-26-15(24)13-9(2)18-16(25)19-12(13)8-23-21-14(20-22-23)10-4-6-11(17)7-5-10/h4-7,9H,3,8H2,1-2H3,(H2,18,19,25)/t9-/m1/s1. The summed E-state index contributed by atoms with van der Waals surface area (Å²) in [6, 6.07) is 4.72. The lowest BCUT2D eigenvalue weighted by molar-refractivity contribution is -0.139. The quantitative estimate of drug-likeness (QED) is 0.770. The molecule has 1 atom stereocenters. The average molecular weight is 360 g/mol. The molecule has 2 N–H and O–H groups in total. The van der Waals surface area contributed by atoms with Crippen LogP contribution in [0.15, 0.2) is 35.5 Å². The van der Waals surface area contributed by atoms with Crippen LogP contribution in [0.3, 0.4) is 0 Å². The number of tetrazole rings is 1. The molecule has 0 spiro atoms. The molecule has 136 valence electrons. The Morgan fingerprint density at radius 1 is 1.35 bits per heavy atom. The Bertz CT molecular complexity index is 861. The molecule has 0 aliphatic carbocycles. The number of carbonyl (C=O) groups is 2. The number of allylic oxidation sites excluding steroid dienone is 1. The largest absolute Gasteiger partial charge is 0.463 e. The van der Waals surface area contributed by atoms with Crippen molar-refractivity contribution in [2.45, 2.75) is 26.4 Å². The van der Waals surface area contributed by atoms with Crippen LogP contribution < -0.4 is 10.6 Å². The number of ether oxygens (including phenoxy) is 1. The van der Waals surface area contributed by atoms with Gasteiger partial charge in [-0.2, -0.15) is 4.80 Å². The molecule has 0 saturated carbocycles. The molecule has 0 bridgehead atoms. The van der Waals surface area contributed by atoms with E-state index in [4.69, 9.17) is 4.74 Å². The lowest BCUT2D eigenvalue weighted by Crippen LogP contribution is -2.50. The predicted molar refractivity (Wildman–Crippen MR) is 88.0 cm³/mol. The number of amides is 2. The molecule has 9 nitrogen and oxygen atoms in total. The Morgan fingerprint density at radius 3 is 2.77 bits per heavy atom. The highest BCUT2D eigenvalue weighted by atomic mass is 19.1. The van der Waals surface area contributed by atoms with Crippen LogP contribution in [0.1, 0.15) is 13.8 Å². The Morgan fingerprint density at radius 2 is 2.08 bits per heavy atom. The average Bonchev–Trinajstić information content (AvgIpc) is 3.03. The molecule has 2 amide bonds. The lowest BCUT2D eigenvalue weighted by atomic mass is 10.0. The summed E-state index contributed by atoms with van der Waals surface area (Å²) in [7, 11) is 0. The number of nitrogens with zero attached hydrogens (tertiary/aromatic N) is 4. The van der Waals surface area contributed by atoms with Gasteiger partial charge >= 0.3 is 12.0 Å². The van der Waals surface area contributed by atoms with Gasteiger partial charge in [0.05, 0.1) is 23.9 Å². The molecule has 2 aromatic rings. The molecule has 1 aliphatic heterocycles. The lowest BCUT2D eigenvalue weighted by Gasteiger charge is -2.26. The zero-order valence-corrected chi connectivity index (χ0v) is 14.2. The first-order chi connectivity index (χ1) is 12.5. The van der Waals surface area contributed by atoms with Gasteiger partial charge < -0.3 is 15.4 Å². The maximum absolute atomic E-state index is 13.0.